The summed E-state index contributed by atoms with van der Waals surface area (Å²) < 4.78 is 63.3. The van der Waals surface area contributed by atoms with Crippen LogP contribution in [0.2, 0.25) is 0 Å². The van der Waals surface area contributed by atoms with Gasteiger partial charge in [0.15, 0.2) is 0 Å². The predicted octanol–water partition coefficient (Wildman–Crippen LogP) is -0.231. The maximum atomic E-state index is 11.9. The van der Waals surface area contributed by atoms with E-state index in [2.05, 4.69) is 9.44 Å². The van der Waals surface area contributed by atoms with Crippen molar-refractivity contribution in [1.29, 1.82) is 0 Å². The molecular weight excluding hydrogens is 488 g/mol. The minimum atomic E-state index is -3.83. The lowest BCUT2D eigenvalue weighted by Gasteiger charge is -2.42. The van der Waals surface area contributed by atoms with E-state index in [0.29, 0.717) is 16.8 Å². The Morgan fingerprint density at radius 2 is 1.68 bits per heavy atom. The molecule has 3 rings (SSSR count). The van der Waals surface area contributed by atoms with Crippen LogP contribution < -0.4 is 14.2 Å². The van der Waals surface area contributed by atoms with Crippen LogP contribution in [0.5, 0.6) is 5.75 Å². The highest BCUT2D eigenvalue weighted by molar-refractivity contribution is 7.92. The van der Waals surface area contributed by atoms with Gasteiger partial charge in [0.1, 0.15) is 30.1 Å². The fourth-order valence-corrected chi connectivity index (χ4v) is 5.04. The van der Waals surface area contributed by atoms with E-state index >= 15 is 0 Å². The molecule has 34 heavy (non-hydrogen) atoms. The summed E-state index contributed by atoms with van der Waals surface area (Å²) in [5.41, 5.74) is 2.27. The smallest absolute Gasteiger partial charge is 0.229 e. The second-order valence-electron chi connectivity index (χ2n) is 8.14. The molecule has 0 aromatic heterocycles. The molecule has 2 aromatic rings. The second-order valence-corrected chi connectivity index (χ2v) is 11.7. The standard InChI is InChI=1S/C21H28N2O9S2/c1-12-6-4-9-15(17(12)13-7-5-8-14(10-13)22-33(2,27)28)31-21-18(23-34(3,29)30)20(26)19(25)16(11-24)32-21/h4-10,16,18-26H,11H2,1-3H3/t16?,18-,19-,20?,21+/m0/s1. The van der Waals surface area contributed by atoms with Crippen LogP contribution in [0.3, 0.4) is 0 Å². The van der Waals surface area contributed by atoms with E-state index in [0.717, 1.165) is 18.1 Å². The Labute approximate surface area is 198 Å². The molecule has 1 aliphatic heterocycles. The van der Waals surface area contributed by atoms with Crippen molar-refractivity contribution in [2.24, 2.45) is 0 Å². The van der Waals surface area contributed by atoms with Crippen LogP contribution in [0.25, 0.3) is 11.1 Å². The topological polar surface area (TPSA) is 171 Å². The third-order valence-electron chi connectivity index (χ3n) is 5.16. The lowest BCUT2D eigenvalue weighted by Crippen LogP contribution is -2.65. The third-order valence-corrected chi connectivity index (χ3v) is 6.47. The average molecular weight is 517 g/mol. The summed E-state index contributed by atoms with van der Waals surface area (Å²) in [6, 6.07) is 10.3. The first-order valence-electron chi connectivity index (χ1n) is 10.2. The van der Waals surface area contributed by atoms with E-state index in [1.165, 1.54) is 0 Å². The van der Waals surface area contributed by atoms with Gasteiger partial charge in [-0.1, -0.05) is 24.3 Å². The normalized spacial score (nSPS) is 25.6. The van der Waals surface area contributed by atoms with E-state index < -0.39 is 57.3 Å². The number of ether oxygens (including phenoxy) is 2. The van der Waals surface area contributed by atoms with Gasteiger partial charge in [0.25, 0.3) is 0 Å². The Hall–Kier alpha value is -2.26. The first-order chi connectivity index (χ1) is 15.8. The molecule has 1 heterocycles. The number of hydrogen-bond donors (Lipinski definition) is 5. The molecule has 0 radical (unpaired) electrons. The summed E-state index contributed by atoms with van der Waals surface area (Å²) in [6.45, 7) is 1.17. The van der Waals surface area contributed by atoms with Crippen molar-refractivity contribution in [2.45, 2.75) is 37.6 Å². The SMILES string of the molecule is Cc1cccc(O[C@@H]2OC(CO)[C@H](O)C(O)[C@@H]2NS(C)(=O)=O)c1-c1cccc(NS(C)(=O)=O)c1. The van der Waals surface area contributed by atoms with Gasteiger partial charge < -0.3 is 24.8 Å². The number of anilines is 1. The van der Waals surface area contributed by atoms with Gasteiger partial charge in [-0.2, -0.15) is 0 Å². The first-order valence-corrected chi connectivity index (χ1v) is 14.0. The van der Waals surface area contributed by atoms with E-state index in [4.69, 9.17) is 9.47 Å². The summed E-state index contributed by atoms with van der Waals surface area (Å²) in [5.74, 6) is 0.252. The molecule has 5 atom stereocenters. The quantitative estimate of drug-likeness (QED) is 0.318. The zero-order chi connectivity index (χ0) is 25.3. The highest BCUT2D eigenvalue weighted by atomic mass is 32.2. The van der Waals surface area contributed by atoms with Crippen molar-refractivity contribution >= 4 is 25.7 Å². The van der Waals surface area contributed by atoms with Gasteiger partial charge in [-0.15, -0.1) is 0 Å². The van der Waals surface area contributed by atoms with Crippen LogP contribution in [0.1, 0.15) is 5.56 Å². The summed E-state index contributed by atoms with van der Waals surface area (Å²) in [5, 5.41) is 30.3. The molecule has 0 amide bonds. The van der Waals surface area contributed by atoms with Crippen molar-refractivity contribution < 1.29 is 41.6 Å². The molecule has 11 nitrogen and oxygen atoms in total. The first kappa shape index (κ1) is 26.3. The number of benzene rings is 2. The highest BCUT2D eigenvalue weighted by Crippen LogP contribution is 2.36. The third kappa shape index (κ3) is 6.44. The molecule has 5 N–H and O–H groups in total. The average Bonchev–Trinajstić information content (AvgIpc) is 2.71. The van der Waals surface area contributed by atoms with E-state index in [9.17, 15) is 32.2 Å². The van der Waals surface area contributed by atoms with Gasteiger partial charge in [-0.3, -0.25) is 4.72 Å². The molecule has 2 unspecified atom stereocenters. The molecule has 1 fully saturated rings. The molecule has 1 aliphatic rings. The molecule has 0 aliphatic carbocycles. The number of hydrogen-bond acceptors (Lipinski definition) is 9. The Bertz CT molecular complexity index is 1230. The summed E-state index contributed by atoms with van der Waals surface area (Å²) in [7, 11) is -7.34. The number of sulfonamides is 2. The lowest BCUT2D eigenvalue weighted by atomic mass is 9.97. The van der Waals surface area contributed by atoms with Crippen molar-refractivity contribution in [3.8, 4) is 16.9 Å². The summed E-state index contributed by atoms with van der Waals surface area (Å²) in [6.07, 6.45) is -3.87. The maximum Gasteiger partial charge on any atom is 0.229 e. The Morgan fingerprint density at radius 1 is 1.00 bits per heavy atom. The van der Waals surface area contributed by atoms with Gasteiger partial charge >= 0.3 is 0 Å². The van der Waals surface area contributed by atoms with Gasteiger partial charge in [0, 0.05) is 11.3 Å². The van der Waals surface area contributed by atoms with E-state index in [1.54, 1.807) is 36.4 Å². The van der Waals surface area contributed by atoms with Gasteiger partial charge in [-0.05, 0) is 36.2 Å². The fourth-order valence-electron chi connectivity index (χ4n) is 3.74. The summed E-state index contributed by atoms with van der Waals surface area (Å²) >= 11 is 0. The van der Waals surface area contributed by atoms with Crippen molar-refractivity contribution in [1.82, 2.24) is 4.72 Å². The van der Waals surface area contributed by atoms with Crippen LogP contribution in [0.4, 0.5) is 5.69 Å². The Kier molecular flexibility index (Phi) is 7.87. The zero-order valence-corrected chi connectivity index (χ0v) is 20.4. The minimum Gasteiger partial charge on any atom is -0.462 e. The summed E-state index contributed by atoms with van der Waals surface area (Å²) in [4.78, 5) is 0. The van der Waals surface area contributed by atoms with Crippen molar-refractivity contribution in [2.75, 3.05) is 23.8 Å². The lowest BCUT2D eigenvalue weighted by molar-refractivity contribution is -0.241. The molecule has 2 aromatic carbocycles. The van der Waals surface area contributed by atoms with E-state index in [-0.39, 0.29) is 5.75 Å². The highest BCUT2D eigenvalue weighted by Gasteiger charge is 2.47. The van der Waals surface area contributed by atoms with Crippen LogP contribution >= 0.6 is 0 Å². The Balaban J connectivity index is 2.02. The number of aryl methyl sites for hydroxylation is 1. The maximum absolute atomic E-state index is 11.9. The number of aliphatic hydroxyl groups excluding tert-OH is 3. The largest absolute Gasteiger partial charge is 0.462 e. The zero-order valence-electron chi connectivity index (χ0n) is 18.7. The van der Waals surface area contributed by atoms with Crippen LogP contribution in [-0.2, 0) is 24.8 Å². The molecule has 0 spiro atoms. The molecular formula is C21H28N2O9S2. The van der Waals surface area contributed by atoms with Crippen molar-refractivity contribution in [3.05, 3.63) is 48.0 Å². The second kappa shape index (κ2) is 10.2. The minimum absolute atomic E-state index is 0.252. The monoisotopic (exact) mass is 516 g/mol. The fraction of sp³-hybridized carbons (Fsp3) is 0.429. The van der Waals surface area contributed by atoms with Gasteiger partial charge in [0.05, 0.1) is 19.1 Å². The van der Waals surface area contributed by atoms with Gasteiger partial charge in [-0.25, -0.2) is 21.6 Å². The number of aliphatic hydroxyl groups is 3. The van der Waals surface area contributed by atoms with Crippen LogP contribution in [0, 0.1) is 6.92 Å². The van der Waals surface area contributed by atoms with Crippen molar-refractivity contribution in [3.63, 3.8) is 0 Å². The van der Waals surface area contributed by atoms with Crippen LogP contribution in [-0.4, -0.2) is 81.9 Å². The molecule has 0 bridgehead atoms. The van der Waals surface area contributed by atoms with E-state index in [1.807, 2.05) is 13.0 Å². The van der Waals surface area contributed by atoms with Gasteiger partial charge in [0.2, 0.25) is 26.3 Å². The molecule has 13 heteroatoms. The number of nitrogens with one attached hydrogen (secondary N) is 2. The van der Waals surface area contributed by atoms with Crippen LogP contribution in [0.15, 0.2) is 42.5 Å². The molecule has 1 saturated heterocycles. The predicted molar refractivity (Wildman–Crippen MR) is 125 cm³/mol. The molecule has 188 valence electrons. The molecule has 0 saturated carbocycles. The Morgan fingerprint density at radius 3 is 2.29 bits per heavy atom. The number of rotatable bonds is 8.